The Labute approximate surface area is 159 Å². The molecular formula is C20H28O7. The zero-order valence-electron chi connectivity index (χ0n) is 16.4. The lowest BCUT2D eigenvalue weighted by Crippen LogP contribution is -2.62. The van der Waals surface area contributed by atoms with E-state index in [9.17, 15) is 5.11 Å². The number of methoxy groups -OCH3 is 1. The van der Waals surface area contributed by atoms with E-state index < -0.39 is 48.2 Å². The van der Waals surface area contributed by atoms with Crippen molar-refractivity contribution >= 4 is 0 Å². The molecule has 0 unspecified atom stereocenters. The van der Waals surface area contributed by atoms with Gasteiger partial charge in [-0.1, -0.05) is 12.1 Å². The first-order valence-corrected chi connectivity index (χ1v) is 9.33. The largest absolute Gasteiger partial charge is 0.497 e. The third-order valence-electron chi connectivity index (χ3n) is 5.25. The summed E-state index contributed by atoms with van der Waals surface area (Å²) in [5.74, 6) is -0.804. The minimum absolute atomic E-state index is 0.380. The highest BCUT2D eigenvalue weighted by Gasteiger charge is 2.63. The van der Waals surface area contributed by atoms with Gasteiger partial charge in [-0.05, 0) is 45.4 Å². The number of benzene rings is 1. The maximum absolute atomic E-state index is 10.8. The topological polar surface area (TPSA) is 75.6 Å². The molecule has 6 atom stereocenters. The van der Waals surface area contributed by atoms with E-state index in [1.54, 1.807) is 7.11 Å². The molecule has 3 fully saturated rings. The van der Waals surface area contributed by atoms with Crippen LogP contribution in [0.25, 0.3) is 0 Å². The Morgan fingerprint density at radius 2 is 1.33 bits per heavy atom. The van der Waals surface area contributed by atoms with Crippen molar-refractivity contribution < 1.29 is 33.5 Å². The average Bonchev–Trinajstić information content (AvgIpc) is 3.11. The molecule has 1 saturated carbocycles. The number of aliphatic hydroxyl groups excluding tert-OH is 1. The fourth-order valence-corrected chi connectivity index (χ4v) is 4.15. The van der Waals surface area contributed by atoms with E-state index in [2.05, 4.69) is 0 Å². The first kappa shape index (κ1) is 19.1. The number of ether oxygens (including phenoxy) is 6. The minimum atomic E-state index is -0.843. The molecule has 0 radical (unpaired) electrons. The van der Waals surface area contributed by atoms with Gasteiger partial charge in [0, 0.05) is 0 Å². The number of fused-ring (bicyclic) bond motifs is 2. The molecule has 4 rings (SSSR count). The highest BCUT2D eigenvalue weighted by atomic mass is 16.8. The van der Waals surface area contributed by atoms with Crippen LogP contribution in [0.3, 0.4) is 0 Å². The summed E-state index contributed by atoms with van der Waals surface area (Å²) < 4.78 is 35.5. The molecule has 0 spiro atoms. The Morgan fingerprint density at radius 1 is 0.852 bits per heavy atom. The van der Waals surface area contributed by atoms with Gasteiger partial charge in [-0.25, -0.2) is 0 Å². The van der Waals surface area contributed by atoms with Crippen LogP contribution in [-0.4, -0.2) is 60.4 Å². The van der Waals surface area contributed by atoms with Crippen LogP contribution in [-0.2, 0) is 30.3 Å². The number of rotatable bonds is 4. The van der Waals surface area contributed by atoms with E-state index in [1.165, 1.54) is 0 Å². The Hall–Kier alpha value is -1.22. The molecule has 0 bridgehead atoms. The molecular weight excluding hydrogens is 352 g/mol. The van der Waals surface area contributed by atoms with Gasteiger partial charge >= 0.3 is 0 Å². The molecule has 0 aromatic heterocycles. The van der Waals surface area contributed by atoms with Crippen LogP contribution in [0.4, 0.5) is 0 Å². The van der Waals surface area contributed by atoms with Gasteiger partial charge in [0.1, 0.15) is 42.4 Å². The summed E-state index contributed by atoms with van der Waals surface area (Å²) in [5.41, 5.74) is 1.01. The minimum Gasteiger partial charge on any atom is -0.497 e. The van der Waals surface area contributed by atoms with E-state index >= 15 is 0 Å². The van der Waals surface area contributed by atoms with E-state index in [0.29, 0.717) is 6.61 Å². The Balaban J connectivity index is 1.55. The lowest BCUT2D eigenvalue weighted by atomic mass is 9.85. The third-order valence-corrected chi connectivity index (χ3v) is 5.25. The molecule has 2 aliphatic heterocycles. The second-order valence-electron chi connectivity index (χ2n) is 8.24. The quantitative estimate of drug-likeness (QED) is 0.856. The van der Waals surface area contributed by atoms with Gasteiger partial charge in [0.15, 0.2) is 11.6 Å². The zero-order chi connectivity index (χ0) is 19.4. The van der Waals surface area contributed by atoms with Gasteiger partial charge < -0.3 is 33.5 Å². The summed E-state index contributed by atoms with van der Waals surface area (Å²) in [5, 5.41) is 10.8. The fourth-order valence-electron chi connectivity index (χ4n) is 4.15. The van der Waals surface area contributed by atoms with Crippen molar-refractivity contribution in [3.05, 3.63) is 29.8 Å². The van der Waals surface area contributed by atoms with Crippen LogP contribution < -0.4 is 4.74 Å². The lowest BCUT2D eigenvalue weighted by Gasteiger charge is -2.40. The van der Waals surface area contributed by atoms with Crippen molar-refractivity contribution in [1.29, 1.82) is 0 Å². The number of hydrogen-bond acceptors (Lipinski definition) is 7. The SMILES string of the molecule is COc1ccc(CO[C@@H]2[C@H]3OC(C)(C)O[C@@H]3[C@H](O)[C@@H]3OC(C)(C)O[C@@H]23)cc1. The standard InChI is InChI=1S/C20H28O7/c1-19(2)24-14-13(21)15-18(27-20(3,4)25-15)16(17(14)26-19)23-10-11-6-8-12(22-5)9-7-11/h6-9,13-18,21H,10H2,1-5H3/t13-,14+,15-,16+,17-,18+. The summed E-state index contributed by atoms with van der Waals surface area (Å²) in [7, 11) is 1.64. The van der Waals surface area contributed by atoms with Crippen LogP contribution in [0.5, 0.6) is 5.75 Å². The maximum Gasteiger partial charge on any atom is 0.164 e. The summed E-state index contributed by atoms with van der Waals surface area (Å²) in [4.78, 5) is 0. The van der Waals surface area contributed by atoms with E-state index in [4.69, 9.17) is 28.4 Å². The van der Waals surface area contributed by atoms with Crippen LogP contribution in [0.15, 0.2) is 24.3 Å². The molecule has 3 aliphatic rings. The van der Waals surface area contributed by atoms with Crippen LogP contribution in [0.2, 0.25) is 0 Å². The smallest absolute Gasteiger partial charge is 0.164 e. The van der Waals surface area contributed by atoms with Gasteiger partial charge in [0.05, 0.1) is 13.7 Å². The van der Waals surface area contributed by atoms with Crippen molar-refractivity contribution in [1.82, 2.24) is 0 Å². The fraction of sp³-hybridized carbons (Fsp3) is 0.700. The highest BCUT2D eigenvalue weighted by Crippen LogP contribution is 2.45. The first-order valence-electron chi connectivity index (χ1n) is 9.33. The summed E-state index contributed by atoms with van der Waals surface area (Å²) >= 11 is 0. The Kier molecular flexibility index (Phi) is 4.73. The summed E-state index contributed by atoms with van der Waals surface area (Å²) in [6.07, 6.45) is -3.20. The molecule has 27 heavy (non-hydrogen) atoms. The van der Waals surface area contributed by atoms with Crippen molar-refractivity contribution in [3.63, 3.8) is 0 Å². The van der Waals surface area contributed by atoms with Gasteiger partial charge in [0.25, 0.3) is 0 Å². The lowest BCUT2D eigenvalue weighted by molar-refractivity contribution is -0.190. The molecule has 1 aromatic carbocycles. The van der Waals surface area contributed by atoms with Crippen molar-refractivity contribution in [2.75, 3.05) is 7.11 Å². The van der Waals surface area contributed by atoms with Crippen molar-refractivity contribution in [3.8, 4) is 5.75 Å². The molecule has 0 amide bonds. The van der Waals surface area contributed by atoms with Gasteiger partial charge in [0.2, 0.25) is 0 Å². The van der Waals surface area contributed by atoms with Crippen LogP contribution >= 0.6 is 0 Å². The maximum atomic E-state index is 10.8. The van der Waals surface area contributed by atoms with E-state index in [-0.39, 0.29) is 0 Å². The van der Waals surface area contributed by atoms with Gasteiger partial charge in [-0.2, -0.15) is 0 Å². The molecule has 7 heteroatoms. The zero-order valence-corrected chi connectivity index (χ0v) is 16.4. The van der Waals surface area contributed by atoms with Crippen molar-refractivity contribution in [2.24, 2.45) is 0 Å². The number of aliphatic hydroxyl groups is 1. The third kappa shape index (κ3) is 3.60. The van der Waals surface area contributed by atoms with Crippen LogP contribution in [0, 0.1) is 0 Å². The number of hydrogen-bond donors (Lipinski definition) is 1. The molecule has 1 aromatic rings. The second kappa shape index (κ2) is 6.69. The Morgan fingerprint density at radius 3 is 1.81 bits per heavy atom. The van der Waals surface area contributed by atoms with Gasteiger partial charge in [-0.15, -0.1) is 0 Å². The second-order valence-corrected chi connectivity index (χ2v) is 8.24. The summed E-state index contributed by atoms with van der Waals surface area (Å²) in [6.45, 7) is 7.71. The molecule has 1 N–H and O–H groups in total. The molecule has 2 saturated heterocycles. The molecule has 2 heterocycles. The highest BCUT2D eigenvalue weighted by molar-refractivity contribution is 5.26. The van der Waals surface area contributed by atoms with Crippen molar-refractivity contribution in [2.45, 2.75) is 82.5 Å². The monoisotopic (exact) mass is 380 g/mol. The molecule has 1 aliphatic carbocycles. The Bertz CT molecular complexity index is 639. The molecule has 7 nitrogen and oxygen atoms in total. The summed E-state index contributed by atoms with van der Waals surface area (Å²) in [6, 6.07) is 7.70. The predicted octanol–water partition coefficient (Wildman–Crippen LogP) is 2.00. The van der Waals surface area contributed by atoms with Crippen LogP contribution in [0.1, 0.15) is 33.3 Å². The normalized spacial score (nSPS) is 39.0. The predicted molar refractivity (Wildman–Crippen MR) is 95.2 cm³/mol. The molecule has 150 valence electrons. The average molecular weight is 380 g/mol. The first-order chi connectivity index (χ1) is 12.7. The van der Waals surface area contributed by atoms with E-state index in [1.807, 2.05) is 52.0 Å². The van der Waals surface area contributed by atoms with Gasteiger partial charge in [-0.3, -0.25) is 0 Å². The van der Waals surface area contributed by atoms with E-state index in [0.717, 1.165) is 11.3 Å².